The number of hydrazine groups is 1. The molecule has 76 valence electrons. The van der Waals surface area contributed by atoms with Gasteiger partial charge in [0.15, 0.2) is 0 Å². The zero-order chi connectivity index (χ0) is 10.5. The van der Waals surface area contributed by atoms with E-state index in [9.17, 15) is 0 Å². The van der Waals surface area contributed by atoms with Gasteiger partial charge < -0.3 is 0 Å². The first kappa shape index (κ1) is 9.70. The highest BCUT2D eigenvalue weighted by Crippen LogP contribution is 2.15. The number of nitrogens with zero attached hydrogens (tertiary/aromatic N) is 3. The molecule has 0 fully saturated rings. The third kappa shape index (κ3) is 2.15. The van der Waals surface area contributed by atoms with Crippen LogP contribution in [0.3, 0.4) is 0 Å². The highest BCUT2D eigenvalue weighted by molar-refractivity contribution is 5.19. The number of pyridine rings is 1. The van der Waals surface area contributed by atoms with Gasteiger partial charge in [-0.3, -0.25) is 20.8 Å². The highest BCUT2D eigenvalue weighted by Gasteiger charge is 2.14. The van der Waals surface area contributed by atoms with E-state index in [2.05, 4.69) is 20.4 Å². The predicted molar refractivity (Wildman–Crippen MR) is 55.4 cm³/mol. The minimum absolute atomic E-state index is 0.222. The van der Waals surface area contributed by atoms with E-state index in [0.717, 1.165) is 11.4 Å². The van der Waals surface area contributed by atoms with E-state index in [0.29, 0.717) is 0 Å². The number of nitrogens with one attached hydrogen (secondary N) is 1. The first-order chi connectivity index (χ1) is 7.42. The Labute approximate surface area is 87.4 Å². The molecule has 0 amide bonds. The normalized spacial score (nSPS) is 12.3. The lowest BCUT2D eigenvalue weighted by molar-refractivity contribution is 0.602. The van der Waals surface area contributed by atoms with E-state index in [1.807, 2.05) is 18.2 Å². The third-order valence-corrected chi connectivity index (χ3v) is 2.03. The summed E-state index contributed by atoms with van der Waals surface area (Å²) in [6, 6.07) is 5.43. The van der Waals surface area contributed by atoms with Gasteiger partial charge in [-0.15, -0.1) is 0 Å². The molecule has 0 aliphatic heterocycles. The fraction of sp³-hybridized carbons (Fsp3) is 0.100. The zero-order valence-electron chi connectivity index (χ0n) is 8.04. The molecule has 2 aromatic rings. The summed E-state index contributed by atoms with van der Waals surface area (Å²) in [7, 11) is 0. The van der Waals surface area contributed by atoms with Crippen molar-refractivity contribution in [3.63, 3.8) is 0 Å². The van der Waals surface area contributed by atoms with Crippen molar-refractivity contribution in [2.24, 2.45) is 5.84 Å². The average Bonchev–Trinajstić information content (AvgIpc) is 2.33. The summed E-state index contributed by atoms with van der Waals surface area (Å²) in [5.41, 5.74) is 4.24. The van der Waals surface area contributed by atoms with Gasteiger partial charge in [0.25, 0.3) is 0 Å². The lowest BCUT2D eigenvalue weighted by atomic mass is 10.1. The summed E-state index contributed by atoms with van der Waals surface area (Å²) < 4.78 is 0. The molecule has 0 spiro atoms. The molecule has 0 aliphatic rings. The van der Waals surface area contributed by atoms with Crippen molar-refractivity contribution < 1.29 is 0 Å². The Morgan fingerprint density at radius 3 is 2.53 bits per heavy atom. The van der Waals surface area contributed by atoms with Crippen molar-refractivity contribution in [2.45, 2.75) is 6.04 Å². The maximum atomic E-state index is 5.48. The van der Waals surface area contributed by atoms with E-state index in [1.165, 1.54) is 0 Å². The van der Waals surface area contributed by atoms with Crippen molar-refractivity contribution in [2.75, 3.05) is 0 Å². The molecule has 0 saturated heterocycles. The molecule has 0 radical (unpaired) electrons. The van der Waals surface area contributed by atoms with Gasteiger partial charge in [-0.2, -0.15) is 0 Å². The Balaban J connectivity index is 2.34. The predicted octanol–water partition coefficient (Wildman–Crippen LogP) is 0.424. The largest absolute Gasteiger partial charge is 0.270 e. The van der Waals surface area contributed by atoms with E-state index in [-0.39, 0.29) is 6.04 Å². The molecule has 0 bridgehead atoms. The Kier molecular flexibility index (Phi) is 2.96. The summed E-state index contributed by atoms with van der Waals surface area (Å²) >= 11 is 0. The first-order valence-corrected chi connectivity index (χ1v) is 4.55. The topological polar surface area (TPSA) is 76.7 Å². The van der Waals surface area contributed by atoms with E-state index < -0.39 is 0 Å². The van der Waals surface area contributed by atoms with Gasteiger partial charge >= 0.3 is 0 Å². The second-order valence-electron chi connectivity index (χ2n) is 2.98. The lowest BCUT2D eigenvalue weighted by Crippen LogP contribution is -2.30. The summed E-state index contributed by atoms with van der Waals surface area (Å²) in [5, 5.41) is 0. The fourth-order valence-electron chi connectivity index (χ4n) is 1.33. The molecule has 2 aromatic heterocycles. The van der Waals surface area contributed by atoms with Crippen LogP contribution in [0.25, 0.3) is 0 Å². The van der Waals surface area contributed by atoms with Crippen molar-refractivity contribution in [3.05, 3.63) is 54.4 Å². The molecule has 1 atom stereocenters. The van der Waals surface area contributed by atoms with Crippen molar-refractivity contribution in [1.82, 2.24) is 20.4 Å². The second-order valence-corrected chi connectivity index (χ2v) is 2.98. The molecule has 0 saturated carbocycles. The van der Waals surface area contributed by atoms with Crippen molar-refractivity contribution >= 4 is 0 Å². The molecule has 5 heteroatoms. The van der Waals surface area contributed by atoms with Crippen LogP contribution >= 0.6 is 0 Å². The Morgan fingerprint density at radius 2 is 1.93 bits per heavy atom. The van der Waals surface area contributed by atoms with E-state index in [1.54, 1.807) is 24.8 Å². The van der Waals surface area contributed by atoms with Crippen LogP contribution in [0, 0.1) is 0 Å². The minimum Gasteiger partial charge on any atom is -0.270 e. The number of aromatic nitrogens is 3. The minimum atomic E-state index is -0.222. The second kappa shape index (κ2) is 4.59. The monoisotopic (exact) mass is 201 g/mol. The van der Waals surface area contributed by atoms with E-state index in [4.69, 9.17) is 5.84 Å². The molecule has 0 aromatic carbocycles. The Morgan fingerprint density at radius 1 is 1.07 bits per heavy atom. The van der Waals surface area contributed by atoms with Crippen LogP contribution in [0.15, 0.2) is 43.0 Å². The number of rotatable bonds is 3. The summed E-state index contributed by atoms with van der Waals surface area (Å²) in [5.74, 6) is 5.48. The van der Waals surface area contributed by atoms with Gasteiger partial charge in [-0.05, 0) is 12.1 Å². The molecule has 0 aliphatic carbocycles. The molecule has 2 rings (SSSR count). The van der Waals surface area contributed by atoms with Crippen LogP contribution in [0.5, 0.6) is 0 Å². The summed E-state index contributed by atoms with van der Waals surface area (Å²) in [6.45, 7) is 0. The lowest BCUT2D eigenvalue weighted by Gasteiger charge is -2.13. The van der Waals surface area contributed by atoms with E-state index >= 15 is 0 Å². The highest BCUT2D eigenvalue weighted by atomic mass is 15.2. The standard InChI is InChI=1S/C10H11N5/c11-15-10(8-3-1-2-4-13-8)9-7-12-5-6-14-9/h1-7,10,15H,11H2. The maximum Gasteiger partial charge on any atom is 0.107 e. The van der Waals surface area contributed by atoms with Gasteiger partial charge in [0.1, 0.15) is 6.04 Å². The fourth-order valence-corrected chi connectivity index (χ4v) is 1.33. The number of hydrogen-bond acceptors (Lipinski definition) is 5. The molecular formula is C10H11N5. The van der Waals surface area contributed by atoms with Gasteiger partial charge in [0.2, 0.25) is 0 Å². The smallest absolute Gasteiger partial charge is 0.107 e. The van der Waals surface area contributed by atoms with Crippen LogP contribution in [0.4, 0.5) is 0 Å². The summed E-state index contributed by atoms with van der Waals surface area (Å²) in [4.78, 5) is 12.4. The summed E-state index contributed by atoms with van der Waals surface area (Å²) in [6.07, 6.45) is 6.63. The first-order valence-electron chi connectivity index (χ1n) is 4.55. The van der Waals surface area contributed by atoms with Crippen LogP contribution in [0.2, 0.25) is 0 Å². The molecule has 3 N–H and O–H groups in total. The molecule has 15 heavy (non-hydrogen) atoms. The number of hydrogen-bond donors (Lipinski definition) is 2. The SMILES string of the molecule is NNC(c1ccccn1)c1cnccn1. The van der Waals surface area contributed by atoms with Gasteiger partial charge in [0, 0.05) is 18.6 Å². The molecule has 1 unspecified atom stereocenters. The van der Waals surface area contributed by atoms with Crippen LogP contribution in [-0.4, -0.2) is 15.0 Å². The van der Waals surface area contributed by atoms with Crippen LogP contribution in [-0.2, 0) is 0 Å². The Bertz CT molecular complexity index is 363. The van der Waals surface area contributed by atoms with Gasteiger partial charge in [-0.25, -0.2) is 5.43 Å². The molecular weight excluding hydrogens is 190 g/mol. The van der Waals surface area contributed by atoms with Gasteiger partial charge in [-0.1, -0.05) is 6.07 Å². The van der Waals surface area contributed by atoms with Crippen LogP contribution in [0.1, 0.15) is 17.4 Å². The van der Waals surface area contributed by atoms with Crippen molar-refractivity contribution in [1.29, 1.82) is 0 Å². The van der Waals surface area contributed by atoms with Gasteiger partial charge in [0.05, 0.1) is 17.6 Å². The average molecular weight is 201 g/mol. The number of nitrogens with two attached hydrogens (primary N) is 1. The van der Waals surface area contributed by atoms with Crippen molar-refractivity contribution in [3.8, 4) is 0 Å². The maximum absolute atomic E-state index is 5.48. The molecule has 2 heterocycles. The molecule has 5 nitrogen and oxygen atoms in total. The zero-order valence-corrected chi connectivity index (χ0v) is 8.04. The third-order valence-electron chi connectivity index (χ3n) is 2.03. The quantitative estimate of drug-likeness (QED) is 0.556. The Hall–Kier alpha value is -1.85. The van der Waals surface area contributed by atoms with Crippen LogP contribution < -0.4 is 11.3 Å².